The van der Waals surface area contributed by atoms with Gasteiger partial charge in [0.1, 0.15) is 11.4 Å². The van der Waals surface area contributed by atoms with Crippen LogP contribution in [0.15, 0.2) is 52.1 Å². The van der Waals surface area contributed by atoms with E-state index in [0.29, 0.717) is 22.6 Å². The highest BCUT2D eigenvalue weighted by molar-refractivity contribution is 7.15. The number of hydrogen-bond acceptors (Lipinski definition) is 8. The average molecular weight is 466 g/mol. The van der Waals surface area contributed by atoms with E-state index in [1.807, 2.05) is 37.3 Å². The maximum absolute atomic E-state index is 12.9. The Labute approximate surface area is 193 Å². The molecule has 33 heavy (non-hydrogen) atoms. The molecule has 0 radical (unpaired) electrons. The Morgan fingerprint density at radius 3 is 2.48 bits per heavy atom. The normalized spacial score (nSPS) is 11.7. The van der Waals surface area contributed by atoms with E-state index in [4.69, 9.17) is 14.2 Å². The number of rotatable bonds is 8. The largest absolute Gasteiger partial charge is 0.494 e. The quantitative estimate of drug-likeness (QED) is 0.395. The van der Waals surface area contributed by atoms with Gasteiger partial charge in [-0.2, -0.15) is 14.6 Å². The summed E-state index contributed by atoms with van der Waals surface area (Å²) in [4.78, 5) is 29.8. The molecule has 0 amide bonds. The van der Waals surface area contributed by atoms with E-state index in [0.717, 1.165) is 34.6 Å². The van der Waals surface area contributed by atoms with Crippen LogP contribution in [0.25, 0.3) is 11.0 Å². The topological polar surface area (TPSA) is 92.0 Å². The van der Waals surface area contributed by atoms with Gasteiger partial charge in [0.05, 0.1) is 25.4 Å². The molecule has 0 bridgehead atoms. The highest BCUT2D eigenvalue weighted by atomic mass is 32.1. The monoisotopic (exact) mass is 465 g/mol. The molecule has 170 valence electrons. The molecule has 4 aromatic rings. The van der Waals surface area contributed by atoms with Crippen LogP contribution >= 0.6 is 11.3 Å². The smallest absolute Gasteiger partial charge is 0.296 e. The van der Waals surface area contributed by atoms with Crippen LogP contribution in [0.4, 0.5) is 0 Å². The lowest BCUT2D eigenvalue weighted by Crippen LogP contribution is -2.28. The van der Waals surface area contributed by atoms with E-state index < -0.39 is 5.56 Å². The van der Waals surface area contributed by atoms with Gasteiger partial charge in [-0.05, 0) is 47.9 Å². The molecule has 2 aromatic carbocycles. The van der Waals surface area contributed by atoms with Crippen molar-refractivity contribution in [3.63, 3.8) is 0 Å². The van der Waals surface area contributed by atoms with E-state index in [9.17, 15) is 9.59 Å². The van der Waals surface area contributed by atoms with Gasteiger partial charge in [0.25, 0.3) is 11.1 Å². The lowest BCUT2D eigenvalue weighted by Gasteiger charge is -2.07. The van der Waals surface area contributed by atoms with Crippen molar-refractivity contribution >= 4 is 22.4 Å². The van der Waals surface area contributed by atoms with Crippen molar-refractivity contribution in [2.75, 3.05) is 20.8 Å². The third kappa shape index (κ3) is 4.88. The Bertz CT molecular complexity index is 1440. The lowest BCUT2D eigenvalue weighted by atomic mass is 10.1. The van der Waals surface area contributed by atoms with Gasteiger partial charge in [0.2, 0.25) is 4.96 Å². The second-order valence-corrected chi connectivity index (χ2v) is 8.27. The van der Waals surface area contributed by atoms with Crippen molar-refractivity contribution in [1.82, 2.24) is 14.6 Å². The van der Waals surface area contributed by atoms with Crippen molar-refractivity contribution < 1.29 is 14.2 Å². The third-order valence-electron chi connectivity index (χ3n) is 4.92. The van der Waals surface area contributed by atoms with E-state index in [2.05, 4.69) is 10.1 Å². The number of thiazole rings is 1. The van der Waals surface area contributed by atoms with Gasteiger partial charge in [0, 0.05) is 6.42 Å². The Morgan fingerprint density at radius 1 is 1.03 bits per heavy atom. The van der Waals surface area contributed by atoms with Crippen molar-refractivity contribution in [1.29, 1.82) is 0 Å². The fraction of sp³-hybridized carbons (Fsp3) is 0.250. The SMILES string of the molecule is CCCOc1ccc(Cc2nn3c(=O)/c(=C\c4ccc(OC)c(OC)c4)sc3nc2=O)cc1. The van der Waals surface area contributed by atoms with Crippen LogP contribution in [0.2, 0.25) is 0 Å². The minimum atomic E-state index is -0.444. The summed E-state index contributed by atoms with van der Waals surface area (Å²) in [5.41, 5.74) is 1.07. The molecule has 0 fully saturated rings. The molecule has 0 aliphatic rings. The molecule has 0 N–H and O–H groups in total. The maximum Gasteiger partial charge on any atom is 0.296 e. The van der Waals surface area contributed by atoms with Gasteiger partial charge in [-0.3, -0.25) is 9.59 Å². The van der Waals surface area contributed by atoms with Crippen LogP contribution in [0.3, 0.4) is 0 Å². The van der Waals surface area contributed by atoms with Gasteiger partial charge in [-0.1, -0.05) is 36.5 Å². The van der Waals surface area contributed by atoms with E-state index in [1.54, 1.807) is 32.4 Å². The fourth-order valence-corrected chi connectivity index (χ4v) is 4.17. The van der Waals surface area contributed by atoms with Crippen molar-refractivity contribution in [2.24, 2.45) is 0 Å². The van der Waals surface area contributed by atoms with Crippen LogP contribution in [0.1, 0.15) is 30.2 Å². The predicted octanol–water partition coefficient (Wildman–Crippen LogP) is 2.46. The van der Waals surface area contributed by atoms with Crippen LogP contribution in [0.5, 0.6) is 17.2 Å². The van der Waals surface area contributed by atoms with Gasteiger partial charge >= 0.3 is 0 Å². The summed E-state index contributed by atoms with van der Waals surface area (Å²) in [6, 6.07) is 12.8. The molecule has 2 aromatic heterocycles. The fourth-order valence-electron chi connectivity index (χ4n) is 3.26. The zero-order valence-electron chi connectivity index (χ0n) is 18.5. The predicted molar refractivity (Wildman–Crippen MR) is 127 cm³/mol. The highest BCUT2D eigenvalue weighted by Gasteiger charge is 2.12. The molecule has 0 spiro atoms. The molecule has 2 heterocycles. The lowest BCUT2D eigenvalue weighted by molar-refractivity contribution is 0.317. The Morgan fingerprint density at radius 2 is 1.79 bits per heavy atom. The van der Waals surface area contributed by atoms with Crippen LogP contribution in [0, 0.1) is 0 Å². The van der Waals surface area contributed by atoms with Crippen molar-refractivity contribution in [3.8, 4) is 17.2 Å². The van der Waals surface area contributed by atoms with Crippen LogP contribution < -0.4 is 29.9 Å². The number of ether oxygens (including phenoxy) is 3. The number of fused-ring (bicyclic) bond motifs is 1. The van der Waals surface area contributed by atoms with Gasteiger partial charge in [-0.25, -0.2) is 0 Å². The van der Waals surface area contributed by atoms with E-state index in [-0.39, 0.29) is 22.6 Å². The summed E-state index contributed by atoms with van der Waals surface area (Å²) < 4.78 is 17.8. The first-order chi connectivity index (χ1) is 16.0. The number of methoxy groups -OCH3 is 2. The van der Waals surface area contributed by atoms with Gasteiger partial charge in [-0.15, -0.1) is 0 Å². The molecular weight excluding hydrogens is 442 g/mol. The van der Waals surface area contributed by atoms with E-state index in [1.165, 1.54) is 4.52 Å². The first-order valence-corrected chi connectivity index (χ1v) is 11.2. The van der Waals surface area contributed by atoms with Gasteiger partial charge < -0.3 is 14.2 Å². The first kappa shape index (κ1) is 22.5. The third-order valence-corrected chi connectivity index (χ3v) is 5.88. The molecule has 9 heteroatoms. The molecule has 0 unspecified atom stereocenters. The van der Waals surface area contributed by atoms with Crippen molar-refractivity contribution in [2.45, 2.75) is 19.8 Å². The Kier molecular flexibility index (Phi) is 6.69. The zero-order valence-corrected chi connectivity index (χ0v) is 19.3. The Balaban J connectivity index is 1.67. The summed E-state index contributed by atoms with van der Waals surface area (Å²) in [5.74, 6) is 1.92. The first-order valence-electron chi connectivity index (χ1n) is 10.4. The molecule has 0 atom stereocenters. The number of aromatic nitrogens is 3. The van der Waals surface area contributed by atoms with Crippen molar-refractivity contribution in [3.05, 3.63) is 84.5 Å². The number of nitrogens with zero attached hydrogens (tertiary/aromatic N) is 3. The Hall–Kier alpha value is -3.72. The molecule has 8 nitrogen and oxygen atoms in total. The summed E-state index contributed by atoms with van der Waals surface area (Å²) >= 11 is 1.11. The minimum absolute atomic E-state index is 0.210. The average Bonchev–Trinajstić information content (AvgIpc) is 3.12. The van der Waals surface area contributed by atoms with E-state index >= 15 is 0 Å². The zero-order chi connectivity index (χ0) is 23.4. The molecule has 0 saturated heterocycles. The summed E-state index contributed by atoms with van der Waals surface area (Å²) in [7, 11) is 3.11. The molecule has 4 rings (SSSR count). The van der Waals surface area contributed by atoms with Crippen LogP contribution in [-0.4, -0.2) is 35.4 Å². The molecular formula is C24H23N3O5S. The molecule has 0 aliphatic heterocycles. The second kappa shape index (κ2) is 9.83. The van der Waals surface area contributed by atoms with Crippen LogP contribution in [-0.2, 0) is 6.42 Å². The molecule has 0 saturated carbocycles. The highest BCUT2D eigenvalue weighted by Crippen LogP contribution is 2.27. The summed E-state index contributed by atoms with van der Waals surface area (Å²) in [6.45, 7) is 2.69. The number of benzene rings is 2. The molecule has 0 aliphatic carbocycles. The standard InChI is InChI=1S/C24H23N3O5S/c1-4-11-32-17-8-5-15(6-9-17)12-18-22(28)25-24-27(26-18)23(29)21(33-24)14-16-7-10-19(30-2)20(13-16)31-3/h5-10,13-14H,4,11-12H2,1-3H3/b21-14+. The maximum atomic E-state index is 12.9. The summed E-state index contributed by atoms with van der Waals surface area (Å²) in [5, 5.41) is 4.31. The summed E-state index contributed by atoms with van der Waals surface area (Å²) in [6.07, 6.45) is 2.91. The minimum Gasteiger partial charge on any atom is -0.494 e. The van der Waals surface area contributed by atoms with Gasteiger partial charge in [0.15, 0.2) is 11.5 Å². The number of hydrogen-bond donors (Lipinski definition) is 0. The second-order valence-electron chi connectivity index (χ2n) is 7.26.